The summed E-state index contributed by atoms with van der Waals surface area (Å²) in [7, 11) is 0. The third-order valence-electron chi connectivity index (χ3n) is 3.59. The maximum absolute atomic E-state index is 9.58. The van der Waals surface area contributed by atoms with Crippen LogP contribution in [0.4, 0.5) is 5.82 Å². The number of hydrogen-bond acceptors (Lipinski definition) is 5. The third kappa shape index (κ3) is 2.47. The monoisotopic (exact) mass is 274 g/mol. The lowest BCUT2D eigenvalue weighted by molar-refractivity contribution is 0.00328. The average Bonchev–Trinajstić information content (AvgIpc) is 2.53. The standard InChI is InChI=1S/C15H18N2O3/c18-9-12-7-11-3-1-2-4-14(11)16-15(12)17-5-6-20-13(8-17)10-19/h1-4,7,13,18-19H,5-6,8-10H2. The lowest BCUT2D eigenvalue weighted by atomic mass is 10.1. The lowest BCUT2D eigenvalue weighted by Gasteiger charge is -2.34. The maximum Gasteiger partial charge on any atom is 0.134 e. The summed E-state index contributed by atoms with van der Waals surface area (Å²) in [4.78, 5) is 6.74. The van der Waals surface area contributed by atoms with Gasteiger partial charge in [-0.15, -0.1) is 0 Å². The van der Waals surface area contributed by atoms with Gasteiger partial charge in [0.1, 0.15) is 5.82 Å². The van der Waals surface area contributed by atoms with E-state index < -0.39 is 0 Å². The third-order valence-corrected chi connectivity index (χ3v) is 3.59. The van der Waals surface area contributed by atoms with Crippen molar-refractivity contribution in [2.24, 2.45) is 0 Å². The Balaban J connectivity index is 2.00. The van der Waals surface area contributed by atoms with Gasteiger partial charge in [-0.05, 0) is 12.1 Å². The van der Waals surface area contributed by atoms with Crippen molar-refractivity contribution in [2.75, 3.05) is 31.2 Å². The van der Waals surface area contributed by atoms with Gasteiger partial charge >= 0.3 is 0 Å². The Kier molecular flexibility index (Phi) is 3.82. The Hall–Kier alpha value is -1.69. The molecule has 0 bridgehead atoms. The summed E-state index contributed by atoms with van der Waals surface area (Å²) >= 11 is 0. The van der Waals surface area contributed by atoms with Crippen LogP contribution in [0.1, 0.15) is 5.56 Å². The topological polar surface area (TPSA) is 65.8 Å². The highest BCUT2D eigenvalue weighted by Crippen LogP contribution is 2.25. The van der Waals surface area contributed by atoms with Gasteiger partial charge in [-0.25, -0.2) is 4.98 Å². The molecule has 0 radical (unpaired) electrons. The summed E-state index contributed by atoms with van der Waals surface area (Å²) in [6.45, 7) is 1.82. The number of ether oxygens (including phenoxy) is 1. The molecule has 0 spiro atoms. The van der Waals surface area contributed by atoms with E-state index in [1.807, 2.05) is 30.3 Å². The van der Waals surface area contributed by atoms with Crippen LogP contribution in [0.3, 0.4) is 0 Å². The highest BCUT2D eigenvalue weighted by molar-refractivity contribution is 5.81. The zero-order chi connectivity index (χ0) is 13.9. The second-order valence-corrected chi connectivity index (χ2v) is 4.94. The molecule has 2 N–H and O–H groups in total. The van der Waals surface area contributed by atoms with E-state index in [1.54, 1.807) is 0 Å². The molecule has 1 unspecified atom stereocenters. The predicted octanol–water partition coefficient (Wildman–Crippen LogP) is 0.925. The van der Waals surface area contributed by atoms with Crippen LogP contribution in [0.15, 0.2) is 30.3 Å². The Morgan fingerprint density at radius 3 is 2.95 bits per heavy atom. The van der Waals surface area contributed by atoms with Crippen molar-refractivity contribution < 1.29 is 14.9 Å². The number of aliphatic hydroxyl groups is 2. The average molecular weight is 274 g/mol. The van der Waals surface area contributed by atoms with Gasteiger partial charge in [0.2, 0.25) is 0 Å². The minimum atomic E-state index is -0.191. The zero-order valence-corrected chi connectivity index (χ0v) is 11.2. The second-order valence-electron chi connectivity index (χ2n) is 4.94. The molecule has 3 rings (SSSR count). The number of morpholine rings is 1. The van der Waals surface area contributed by atoms with Crippen LogP contribution in [0.5, 0.6) is 0 Å². The molecular formula is C15H18N2O3. The molecule has 5 nitrogen and oxygen atoms in total. The summed E-state index contributed by atoms with van der Waals surface area (Å²) in [5, 5.41) is 19.8. The van der Waals surface area contributed by atoms with Crippen molar-refractivity contribution in [2.45, 2.75) is 12.7 Å². The number of aromatic nitrogens is 1. The Labute approximate surface area is 117 Å². The highest BCUT2D eigenvalue weighted by atomic mass is 16.5. The number of benzene rings is 1. The summed E-state index contributed by atoms with van der Waals surface area (Å²) in [5.41, 5.74) is 1.72. The van der Waals surface area contributed by atoms with Gasteiger partial charge in [0.25, 0.3) is 0 Å². The molecule has 2 aromatic rings. The molecule has 1 aromatic carbocycles. The van der Waals surface area contributed by atoms with E-state index in [4.69, 9.17) is 4.74 Å². The Bertz CT molecular complexity index is 603. The quantitative estimate of drug-likeness (QED) is 0.871. The van der Waals surface area contributed by atoms with Crippen molar-refractivity contribution in [1.29, 1.82) is 0 Å². The molecule has 1 atom stereocenters. The van der Waals surface area contributed by atoms with Gasteiger partial charge in [0, 0.05) is 24.0 Å². The molecule has 0 amide bonds. The van der Waals surface area contributed by atoms with Crippen LogP contribution in [0.25, 0.3) is 10.9 Å². The van der Waals surface area contributed by atoms with Crippen LogP contribution in [0, 0.1) is 0 Å². The minimum absolute atomic E-state index is 0.00145. The van der Waals surface area contributed by atoms with Crippen LogP contribution in [-0.2, 0) is 11.3 Å². The van der Waals surface area contributed by atoms with Crippen LogP contribution >= 0.6 is 0 Å². The van der Waals surface area contributed by atoms with E-state index in [2.05, 4.69) is 9.88 Å². The van der Waals surface area contributed by atoms with Gasteiger partial charge < -0.3 is 19.8 Å². The molecule has 1 aromatic heterocycles. The number of anilines is 1. The minimum Gasteiger partial charge on any atom is -0.394 e. The number of nitrogens with zero attached hydrogens (tertiary/aromatic N) is 2. The van der Waals surface area contributed by atoms with Gasteiger partial charge in [-0.1, -0.05) is 18.2 Å². The summed E-state index contributed by atoms with van der Waals surface area (Å²) in [5.74, 6) is 0.785. The fourth-order valence-electron chi connectivity index (χ4n) is 2.56. The SMILES string of the molecule is OCc1cc2ccccc2nc1N1CCOC(CO)C1. The normalized spacial score (nSPS) is 19.5. The molecule has 2 heterocycles. The predicted molar refractivity (Wildman–Crippen MR) is 76.7 cm³/mol. The zero-order valence-electron chi connectivity index (χ0n) is 11.2. The molecule has 1 saturated heterocycles. The van der Waals surface area contributed by atoms with Crippen molar-refractivity contribution in [3.63, 3.8) is 0 Å². The molecule has 5 heteroatoms. The van der Waals surface area contributed by atoms with Crippen molar-refractivity contribution >= 4 is 16.7 Å². The highest BCUT2D eigenvalue weighted by Gasteiger charge is 2.23. The van der Waals surface area contributed by atoms with Crippen LogP contribution < -0.4 is 4.90 Å². The van der Waals surface area contributed by atoms with Gasteiger partial charge in [0.15, 0.2) is 0 Å². The molecule has 1 aliphatic rings. The fourth-order valence-corrected chi connectivity index (χ4v) is 2.56. The van der Waals surface area contributed by atoms with Crippen LogP contribution in [0.2, 0.25) is 0 Å². The van der Waals surface area contributed by atoms with Crippen molar-refractivity contribution in [1.82, 2.24) is 4.98 Å². The van der Waals surface area contributed by atoms with Crippen molar-refractivity contribution in [3.8, 4) is 0 Å². The van der Waals surface area contributed by atoms with E-state index in [1.165, 1.54) is 0 Å². The van der Waals surface area contributed by atoms with E-state index >= 15 is 0 Å². The number of pyridine rings is 1. The first-order valence-corrected chi connectivity index (χ1v) is 6.78. The molecule has 0 saturated carbocycles. The summed E-state index contributed by atoms with van der Waals surface area (Å²) in [6.07, 6.45) is -0.191. The molecule has 0 aliphatic carbocycles. The van der Waals surface area contributed by atoms with Crippen LogP contribution in [-0.4, -0.2) is 47.6 Å². The number of fused-ring (bicyclic) bond motifs is 1. The number of aliphatic hydroxyl groups excluding tert-OH is 2. The van der Waals surface area contributed by atoms with Gasteiger partial charge in [-0.2, -0.15) is 0 Å². The van der Waals surface area contributed by atoms with Gasteiger partial charge in [-0.3, -0.25) is 0 Å². The molecular weight excluding hydrogens is 256 g/mol. The lowest BCUT2D eigenvalue weighted by Crippen LogP contribution is -2.44. The first-order valence-electron chi connectivity index (χ1n) is 6.78. The fraction of sp³-hybridized carbons (Fsp3) is 0.400. The van der Waals surface area contributed by atoms with E-state index in [-0.39, 0.29) is 19.3 Å². The molecule has 1 aliphatic heterocycles. The number of rotatable bonds is 3. The van der Waals surface area contributed by atoms with Gasteiger partial charge in [0.05, 0.1) is 31.4 Å². The van der Waals surface area contributed by atoms with E-state index in [0.29, 0.717) is 13.2 Å². The molecule has 20 heavy (non-hydrogen) atoms. The Morgan fingerprint density at radius 2 is 2.15 bits per heavy atom. The smallest absolute Gasteiger partial charge is 0.134 e. The summed E-state index contributed by atoms with van der Waals surface area (Å²) in [6, 6.07) is 9.83. The Morgan fingerprint density at radius 1 is 1.30 bits per heavy atom. The first-order chi connectivity index (χ1) is 9.81. The van der Waals surface area contributed by atoms with E-state index in [9.17, 15) is 10.2 Å². The summed E-state index contributed by atoms with van der Waals surface area (Å²) < 4.78 is 5.46. The number of hydrogen-bond donors (Lipinski definition) is 2. The first kappa shape index (κ1) is 13.3. The maximum atomic E-state index is 9.58. The second kappa shape index (κ2) is 5.75. The molecule has 1 fully saturated rings. The largest absolute Gasteiger partial charge is 0.394 e. The molecule has 106 valence electrons. The number of para-hydroxylation sites is 1. The van der Waals surface area contributed by atoms with Crippen molar-refractivity contribution in [3.05, 3.63) is 35.9 Å². The van der Waals surface area contributed by atoms with E-state index in [0.717, 1.165) is 28.8 Å².